The molecule has 4 nitrogen and oxygen atoms in total. The molecule has 1 atom stereocenters. The smallest absolute Gasteiger partial charge is 0.251 e. The summed E-state index contributed by atoms with van der Waals surface area (Å²) in [6.07, 6.45) is 0. The molecule has 7 heteroatoms. The first kappa shape index (κ1) is 14.5. The molecule has 0 bridgehead atoms. The maximum Gasteiger partial charge on any atom is 0.251 e. The number of rotatable bonds is 4. The fraction of sp³-hybridized carbons (Fsp3) is 0.167. The van der Waals surface area contributed by atoms with Crippen LogP contribution in [0.3, 0.4) is 0 Å². The second kappa shape index (κ2) is 5.62. The van der Waals surface area contributed by atoms with Crippen molar-refractivity contribution >= 4 is 43.0 Å². The molecular weight excluding hydrogens is 348 g/mol. The Hall–Kier alpha value is -0.890. The van der Waals surface area contributed by atoms with Gasteiger partial charge in [0.05, 0.1) is 0 Å². The zero-order valence-electron chi connectivity index (χ0n) is 10.1. The molecule has 0 fully saturated rings. The first-order valence-corrected chi connectivity index (χ1v) is 8.66. The lowest BCUT2D eigenvalue weighted by atomic mass is 10.1. The molecule has 0 spiro atoms. The number of nitrogens with one attached hydrogen (secondary N) is 1. The van der Waals surface area contributed by atoms with Gasteiger partial charge in [0.1, 0.15) is 4.21 Å². The molecule has 19 heavy (non-hydrogen) atoms. The summed E-state index contributed by atoms with van der Waals surface area (Å²) in [5.74, 6) is 0. The van der Waals surface area contributed by atoms with Gasteiger partial charge in [-0.1, -0.05) is 12.1 Å². The number of nitrogens with two attached hydrogens (primary N) is 1. The van der Waals surface area contributed by atoms with E-state index in [1.165, 1.54) is 11.3 Å². The van der Waals surface area contributed by atoms with Gasteiger partial charge in [-0.15, -0.1) is 11.3 Å². The van der Waals surface area contributed by atoms with Crippen LogP contribution >= 0.6 is 27.3 Å². The summed E-state index contributed by atoms with van der Waals surface area (Å²) in [6, 6.07) is 8.52. The third-order valence-electron chi connectivity index (χ3n) is 2.60. The van der Waals surface area contributed by atoms with Crippen molar-refractivity contribution in [3.63, 3.8) is 0 Å². The molecule has 102 valence electrons. The van der Waals surface area contributed by atoms with Gasteiger partial charge in [0, 0.05) is 16.2 Å². The number of benzene rings is 1. The summed E-state index contributed by atoms with van der Waals surface area (Å²) in [5.41, 5.74) is 7.13. The molecule has 0 radical (unpaired) electrons. The van der Waals surface area contributed by atoms with Crippen molar-refractivity contribution < 1.29 is 8.42 Å². The zero-order valence-corrected chi connectivity index (χ0v) is 13.3. The summed E-state index contributed by atoms with van der Waals surface area (Å²) >= 11 is 4.41. The molecular formula is C12H13BrN2O2S2. The topological polar surface area (TPSA) is 72.2 Å². The van der Waals surface area contributed by atoms with Crippen LogP contribution < -0.4 is 10.5 Å². The Morgan fingerprint density at radius 3 is 2.42 bits per heavy atom. The van der Waals surface area contributed by atoms with Crippen molar-refractivity contribution in [1.82, 2.24) is 4.72 Å². The summed E-state index contributed by atoms with van der Waals surface area (Å²) in [7, 11) is -3.51. The van der Waals surface area contributed by atoms with Gasteiger partial charge in [-0.25, -0.2) is 13.1 Å². The molecule has 0 amide bonds. The Bertz CT molecular complexity index is 665. The summed E-state index contributed by atoms with van der Waals surface area (Å²) < 4.78 is 27.9. The van der Waals surface area contributed by atoms with Crippen LogP contribution in [0.1, 0.15) is 18.5 Å². The highest BCUT2D eigenvalue weighted by Crippen LogP contribution is 2.28. The number of hydrogen-bond acceptors (Lipinski definition) is 4. The van der Waals surface area contributed by atoms with E-state index in [1.807, 2.05) is 12.1 Å². The third kappa shape index (κ3) is 3.36. The van der Waals surface area contributed by atoms with Gasteiger partial charge >= 0.3 is 0 Å². The molecule has 2 aromatic rings. The van der Waals surface area contributed by atoms with E-state index in [1.54, 1.807) is 30.5 Å². The molecule has 1 unspecified atom stereocenters. The highest BCUT2D eigenvalue weighted by atomic mass is 79.9. The van der Waals surface area contributed by atoms with Gasteiger partial charge in [-0.3, -0.25) is 0 Å². The second-order valence-corrected chi connectivity index (χ2v) is 7.75. The normalized spacial score (nSPS) is 13.4. The first-order chi connectivity index (χ1) is 8.90. The van der Waals surface area contributed by atoms with E-state index in [0.717, 1.165) is 5.56 Å². The fourth-order valence-corrected chi connectivity index (χ4v) is 5.20. The summed E-state index contributed by atoms with van der Waals surface area (Å²) in [4.78, 5) is 0. The molecule has 0 saturated carbocycles. The van der Waals surface area contributed by atoms with Crippen molar-refractivity contribution in [1.29, 1.82) is 0 Å². The Morgan fingerprint density at radius 2 is 1.89 bits per heavy atom. The van der Waals surface area contributed by atoms with Crippen LogP contribution in [0.15, 0.2) is 44.4 Å². The SMILES string of the molecule is CC(NS(=O)(=O)c1sccc1Br)c1ccc(N)cc1. The monoisotopic (exact) mass is 360 g/mol. The molecule has 0 aliphatic heterocycles. The molecule has 0 aliphatic carbocycles. The number of hydrogen-bond donors (Lipinski definition) is 2. The lowest BCUT2D eigenvalue weighted by Crippen LogP contribution is -2.26. The van der Waals surface area contributed by atoms with E-state index >= 15 is 0 Å². The van der Waals surface area contributed by atoms with Crippen molar-refractivity contribution in [3.8, 4) is 0 Å². The number of anilines is 1. The minimum absolute atomic E-state index is 0.287. The fourth-order valence-electron chi connectivity index (χ4n) is 1.61. The van der Waals surface area contributed by atoms with E-state index in [0.29, 0.717) is 10.2 Å². The molecule has 0 saturated heterocycles. The van der Waals surface area contributed by atoms with Crippen LogP contribution in [0.25, 0.3) is 0 Å². The molecule has 1 aromatic heterocycles. The van der Waals surface area contributed by atoms with Crippen LogP contribution in [0, 0.1) is 0 Å². The van der Waals surface area contributed by atoms with Crippen LogP contribution in [-0.2, 0) is 10.0 Å². The number of sulfonamides is 1. The largest absolute Gasteiger partial charge is 0.399 e. The Kier molecular flexibility index (Phi) is 4.29. The van der Waals surface area contributed by atoms with Crippen LogP contribution in [0.2, 0.25) is 0 Å². The van der Waals surface area contributed by atoms with Crippen molar-refractivity contribution in [3.05, 3.63) is 45.7 Å². The van der Waals surface area contributed by atoms with Crippen molar-refractivity contribution in [2.45, 2.75) is 17.2 Å². The number of thiophene rings is 1. The lowest BCUT2D eigenvalue weighted by Gasteiger charge is -2.14. The minimum atomic E-state index is -3.51. The minimum Gasteiger partial charge on any atom is -0.399 e. The molecule has 0 aliphatic rings. The van der Waals surface area contributed by atoms with Crippen molar-refractivity contribution in [2.24, 2.45) is 0 Å². The van der Waals surface area contributed by atoms with Gasteiger partial charge in [-0.2, -0.15) is 0 Å². The highest BCUT2D eigenvalue weighted by Gasteiger charge is 2.22. The number of nitrogen functional groups attached to an aromatic ring is 1. The maximum absolute atomic E-state index is 12.2. The van der Waals surface area contributed by atoms with Crippen molar-refractivity contribution in [2.75, 3.05) is 5.73 Å². The first-order valence-electron chi connectivity index (χ1n) is 5.51. The Labute approximate surface area is 124 Å². The Morgan fingerprint density at radius 1 is 1.26 bits per heavy atom. The number of halogens is 1. The summed E-state index contributed by atoms with van der Waals surface area (Å²) in [5, 5.41) is 1.73. The van der Waals surface area contributed by atoms with Gasteiger partial charge < -0.3 is 5.73 Å². The maximum atomic E-state index is 12.2. The standard InChI is InChI=1S/C12H13BrN2O2S2/c1-8(9-2-4-10(14)5-3-9)15-19(16,17)12-11(13)6-7-18-12/h2-8,15H,14H2,1H3. The van der Waals surface area contributed by atoms with Gasteiger partial charge in [-0.05, 0) is 52.0 Å². The second-order valence-electron chi connectivity index (χ2n) is 4.07. The van der Waals surface area contributed by atoms with Gasteiger partial charge in [0.25, 0.3) is 10.0 Å². The third-order valence-corrected chi connectivity index (χ3v) is 6.81. The lowest BCUT2D eigenvalue weighted by molar-refractivity contribution is 0.568. The average molecular weight is 361 g/mol. The van der Waals surface area contributed by atoms with Crippen LogP contribution in [-0.4, -0.2) is 8.42 Å². The van der Waals surface area contributed by atoms with E-state index < -0.39 is 10.0 Å². The highest BCUT2D eigenvalue weighted by molar-refractivity contribution is 9.10. The molecule has 2 rings (SSSR count). The predicted molar refractivity (Wildman–Crippen MR) is 81.6 cm³/mol. The Balaban J connectivity index is 2.21. The van der Waals surface area contributed by atoms with E-state index in [9.17, 15) is 8.42 Å². The van der Waals surface area contributed by atoms with E-state index in [-0.39, 0.29) is 10.3 Å². The molecule has 1 aromatic carbocycles. The van der Waals surface area contributed by atoms with Crippen LogP contribution in [0.4, 0.5) is 5.69 Å². The molecule has 3 N–H and O–H groups in total. The zero-order chi connectivity index (χ0) is 14.0. The quantitative estimate of drug-likeness (QED) is 0.822. The average Bonchev–Trinajstić information content (AvgIpc) is 2.76. The van der Waals surface area contributed by atoms with Gasteiger partial charge in [0.2, 0.25) is 0 Å². The summed E-state index contributed by atoms with van der Waals surface area (Å²) in [6.45, 7) is 1.80. The van der Waals surface area contributed by atoms with E-state index in [2.05, 4.69) is 20.7 Å². The predicted octanol–water partition coefficient (Wildman–Crippen LogP) is 3.13. The van der Waals surface area contributed by atoms with Gasteiger partial charge in [0.15, 0.2) is 0 Å². The van der Waals surface area contributed by atoms with Crippen LogP contribution in [0.5, 0.6) is 0 Å². The molecule has 1 heterocycles. The van der Waals surface area contributed by atoms with E-state index in [4.69, 9.17) is 5.73 Å².